The fourth-order valence-corrected chi connectivity index (χ4v) is 5.33. The second-order valence-electron chi connectivity index (χ2n) is 8.45. The molecule has 0 aliphatic carbocycles. The Hall–Kier alpha value is -2.78. The highest BCUT2D eigenvalue weighted by Crippen LogP contribution is 2.43. The maximum atomic E-state index is 14.2. The van der Waals surface area contributed by atoms with E-state index in [1.807, 2.05) is 6.07 Å². The van der Waals surface area contributed by atoms with E-state index in [0.717, 1.165) is 13.1 Å². The van der Waals surface area contributed by atoms with Gasteiger partial charge in [0.25, 0.3) is 0 Å². The van der Waals surface area contributed by atoms with E-state index >= 15 is 0 Å². The lowest BCUT2D eigenvalue weighted by Crippen LogP contribution is -2.59. The lowest BCUT2D eigenvalue weighted by atomic mass is 9.71. The Morgan fingerprint density at radius 2 is 1.37 bits per heavy atom. The van der Waals surface area contributed by atoms with Gasteiger partial charge in [0.15, 0.2) is 0 Å². The largest absolute Gasteiger partial charge is 0.297 e. The van der Waals surface area contributed by atoms with Gasteiger partial charge in [0.1, 0.15) is 5.82 Å². The van der Waals surface area contributed by atoms with Crippen molar-refractivity contribution in [2.24, 2.45) is 10.9 Å². The zero-order valence-electron chi connectivity index (χ0n) is 17.1. The van der Waals surface area contributed by atoms with Gasteiger partial charge in [-0.3, -0.25) is 9.89 Å². The lowest BCUT2D eigenvalue weighted by Gasteiger charge is -2.52. The van der Waals surface area contributed by atoms with Gasteiger partial charge >= 0.3 is 0 Å². The van der Waals surface area contributed by atoms with Crippen LogP contribution in [0.25, 0.3) is 0 Å². The smallest absolute Gasteiger partial charge is 0.131 e. The summed E-state index contributed by atoms with van der Waals surface area (Å²) in [6.45, 7) is 2.24. The molecular formula is C27H27FN2. The SMILES string of the molecule is Fc1ccccc1C=N[C@@H]1C2CCN(CC2)[C@@H]1C(c1ccccc1)c1ccccc1. The number of piperidine rings is 3. The monoisotopic (exact) mass is 398 g/mol. The van der Waals surface area contributed by atoms with Crippen LogP contribution in [0.3, 0.4) is 0 Å². The lowest BCUT2D eigenvalue weighted by molar-refractivity contribution is 0.0215. The first-order chi connectivity index (χ1) is 14.8. The van der Waals surface area contributed by atoms with E-state index in [4.69, 9.17) is 4.99 Å². The molecule has 0 saturated carbocycles. The van der Waals surface area contributed by atoms with Crippen molar-refractivity contribution in [2.75, 3.05) is 13.1 Å². The highest BCUT2D eigenvalue weighted by atomic mass is 19.1. The summed E-state index contributed by atoms with van der Waals surface area (Å²) in [6, 6.07) is 28.9. The standard InChI is InChI=1S/C27H27FN2/c28-24-14-8-7-13-23(24)19-29-26-22-15-17-30(18-16-22)27(26)25(20-9-3-1-4-10-20)21-11-5-2-6-12-21/h1-14,19,22,25-27H,15-18H2/t26-,27-/m1/s1. The van der Waals surface area contributed by atoms with Crippen LogP contribution >= 0.6 is 0 Å². The van der Waals surface area contributed by atoms with Crippen molar-refractivity contribution in [1.82, 2.24) is 4.90 Å². The summed E-state index contributed by atoms with van der Waals surface area (Å²) >= 11 is 0. The molecule has 0 spiro atoms. The molecule has 3 heterocycles. The van der Waals surface area contributed by atoms with Crippen molar-refractivity contribution >= 4 is 6.21 Å². The predicted octanol–water partition coefficient (Wildman–Crippen LogP) is 5.54. The number of fused-ring (bicyclic) bond motifs is 3. The number of rotatable bonds is 5. The molecule has 3 aliphatic rings. The maximum absolute atomic E-state index is 14.2. The summed E-state index contributed by atoms with van der Waals surface area (Å²) in [4.78, 5) is 7.66. The number of nitrogens with zero attached hydrogens (tertiary/aromatic N) is 2. The van der Waals surface area contributed by atoms with Gasteiger partial charge in [-0.05, 0) is 49.0 Å². The van der Waals surface area contributed by atoms with Crippen molar-refractivity contribution in [2.45, 2.75) is 30.8 Å². The van der Waals surface area contributed by atoms with Crippen LogP contribution in [-0.4, -0.2) is 36.3 Å². The van der Waals surface area contributed by atoms with Crippen molar-refractivity contribution in [3.05, 3.63) is 107 Å². The Morgan fingerprint density at radius 3 is 1.97 bits per heavy atom. The number of hydrogen-bond acceptors (Lipinski definition) is 2. The van der Waals surface area contributed by atoms with Crippen LogP contribution in [0.2, 0.25) is 0 Å². The fraction of sp³-hybridized carbons (Fsp3) is 0.296. The van der Waals surface area contributed by atoms with Crippen molar-refractivity contribution in [3.8, 4) is 0 Å². The molecule has 30 heavy (non-hydrogen) atoms. The number of benzene rings is 3. The van der Waals surface area contributed by atoms with Gasteiger partial charge in [-0.1, -0.05) is 78.9 Å². The van der Waals surface area contributed by atoms with Crippen LogP contribution in [0, 0.1) is 11.7 Å². The third kappa shape index (κ3) is 3.70. The molecule has 3 saturated heterocycles. The maximum Gasteiger partial charge on any atom is 0.131 e. The Bertz CT molecular complexity index is 954. The Balaban J connectivity index is 1.56. The van der Waals surface area contributed by atoms with E-state index in [1.54, 1.807) is 18.3 Å². The average Bonchev–Trinajstić information content (AvgIpc) is 2.81. The van der Waals surface area contributed by atoms with Gasteiger partial charge in [0, 0.05) is 23.7 Å². The Labute approximate surface area is 178 Å². The van der Waals surface area contributed by atoms with Gasteiger partial charge in [0.05, 0.1) is 6.04 Å². The summed E-state index contributed by atoms with van der Waals surface area (Å²) < 4.78 is 14.2. The fourth-order valence-electron chi connectivity index (χ4n) is 5.33. The van der Waals surface area contributed by atoms with Gasteiger partial charge in [-0.25, -0.2) is 4.39 Å². The number of hydrogen-bond donors (Lipinski definition) is 0. The van der Waals surface area contributed by atoms with Crippen LogP contribution in [0.5, 0.6) is 0 Å². The van der Waals surface area contributed by atoms with Crippen molar-refractivity contribution in [3.63, 3.8) is 0 Å². The molecule has 6 rings (SSSR count). The molecule has 3 aliphatic heterocycles. The van der Waals surface area contributed by atoms with Gasteiger partial charge < -0.3 is 0 Å². The first-order valence-electron chi connectivity index (χ1n) is 10.9. The molecule has 2 bridgehead atoms. The molecular weight excluding hydrogens is 371 g/mol. The molecule has 0 aromatic heterocycles. The Kier molecular flexibility index (Phi) is 5.46. The first kappa shape index (κ1) is 19.2. The Morgan fingerprint density at radius 1 is 0.800 bits per heavy atom. The molecule has 0 N–H and O–H groups in total. The van der Waals surface area contributed by atoms with Crippen LogP contribution in [0.1, 0.15) is 35.4 Å². The van der Waals surface area contributed by atoms with Crippen LogP contribution in [-0.2, 0) is 0 Å². The average molecular weight is 399 g/mol. The molecule has 2 atom stereocenters. The third-order valence-electron chi connectivity index (χ3n) is 6.78. The van der Waals surface area contributed by atoms with E-state index in [-0.39, 0.29) is 23.8 Å². The molecule has 0 radical (unpaired) electrons. The summed E-state index contributed by atoms with van der Waals surface area (Å²) in [6.07, 6.45) is 4.11. The van der Waals surface area contributed by atoms with Gasteiger partial charge in [-0.2, -0.15) is 0 Å². The summed E-state index contributed by atoms with van der Waals surface area (Å²) in [5, 5.41) is 0. The van der Waals surface area contributed by atoms with Crippen LogP contribution in [0.4, 0.5) is 4.39 Å². The van der Waals surface area contributed by atoms with Crippen molar-refractivity contribution < 1.29 is 4.39 Å². The van der Waals surface area contributed by atoms with E-state index in [9.17, 15) is 4.39 Å². The molecule has 3 aromatic rings. The topological polar surface area (TPSA) is 15.6 Å². The van der Waals surface area contributed by atoms with E-state index in [2.05, 4.69) is 65.6 Å². The summed E-state index contributed by atoms with van der Waals surface area (Å²) in [5.41, 5.74) is 3.23. The number of halogens is 1. The van der Waals surface area contributed by atoms with Crippen LogP contribution in [0.15, 0.2) is 89.9 Å². The van der Waals surface area contributed by atoms with Gasteiger partial charge in [-0.15, -0.1) is 0 Å². The predicted molar refractivity (Wildman–Crippen MR) is 121 cm³/mol. The molecule has 3 fully saturated rings. The second-order valence-corrected chi connectivity index (χ2v) is 8.45. The van der Waals surface area contributed by atoms with E-state index in [0.29, 0.717) is 11.5 Å². The summed E-state index contributed by atoms with van der Waals surface area (Å²) in [7, 11) is 0. The zero-order valence-corrected chi connectivity index (χ0v) is 17.1. The van der Waals surface area contributed by atoms with Crippen LogP contribution < -0.4 is 0 Å². The molecule has 0 unspecified atom stereocenters. The first-order valence-corrected chi connectivity index (χ1v) is 10.9. The van der Waals surface area contributed by atoms with Crippen molar-refractivity contribution in [1.29, 1.82) is 0 Å². The highest BCUT2D eigenvalue weighted by Gasteiger charge is 2.46. The number of aliphatic imine (C=N–C) groups is 1. The van der Waals surface area contributed by atoms with E-state index < -0.39 is 0 Å². The zero-order chi connectivity index (χ0) is 20.3. The molecule has 3 heteroatoms. The summed E-state index contributed by atoms with van der Waals surface area (Å²) in [5.74, 6) is 0.595. The normalized spacial score (nSPS) is 25.8. The molecule has 0 amide bonds. The quantitative estimate of drug-likeness (QED) is 0.515. The second kappa shape index (κ2) is 8.53. The van der Waals surface area contributed by atoms with Gasteiger partial charge in [0.2, 0.25) is 0 Å². The minimum atomic E-state index is -0.207. The van der Waals surface area contributed by atoms with E-state index in [1.165, 1.54) is 30.0 Å². The highest BCUT2D eigenvalue weighted by molar-refractivity contribution is 5.80. The molecule has 2 nitrogen and oxygen atoms in total. The molecule has 3 aromatic carbocycles. The molecule has 152 valence electrons. The third-order valence-corrected chi connectivity index (χ3v) is 6.78. The minimum Gasteiger partial charge on any atom is -0.297 e. The minimum absolute atomic E-state index is 0.164.